The predicted molar refractivity (Wildman–Crippen MR) is 92.8 cm³/mol. The average Bonchev–Trinajstić information content (AvgIpc) is 3.14. The van der Waals surface area contributed by atoms with Crippen LogP contribution in [0.3, 0.4) is 0 Å². The van der Waals surface area contributed by atoms with E-state index in [1.165, 1.54) is 25.0 Å². The van der Waals surface area contributed by atoms with Crippen molar-refractivity contribution in [3.63, 3.8) is 0 Å². The van der Waals surface area contributed by atoms with E-state index in [1.54, 1.807) is 6.08 Å². The quantitative estimate of drug-likeness (QED) is 0.554. The number of allylic oxidation sites excluding steroid dienone is 1. The molecule has 0 saturated carbocycles. The number of anilines is 1. The minimum Gasteiger partial charge on any atom is -0.372 e. The van der Waals surface area contributed by atoms with E-state index in [4.69, 9.17) is 0 Å². The van der Waals surface area contributed by atoms with Gasteiger partial charge in [0.2, 0.25) is 0 Å². The molecule has 0 amide bonds. The van der Waals surface area contributed by atoms with Gasteiger partial charge in [-0.2, -0.15) is 18.4 Å². The molecule has 3 rings (SSSR count). The highest BCUT2D eigenvalue weighted by molar-refractivity contribution is 5.89. The Morgan fingerprint density at radius 1 is 0.960 bits per heavy atom. The summed E-state index contributed by atoms with van der Waals surface area (Å²) >= 11 is 0. The SMILES string of the molecule is N#C/C(=C\c1ccc(N2CCCC2)cc1)c1ccc(C(F)(F)F)cc1. The Kier molecular flexibility index (Phi) is 4.80. The van der Waals surface area contributed by atoms with Gasteiger partial charge in [0.1, 0.15) is 0 Å². The minimum absolute atomic E-state index is 0.336. The third-order valence-corrected chi connectivity index (χ3v) is 4.32. The summed E-state index contributed by atoms with van der Waals surface area (Å²) in [5, 5.41) is 9.35. The van der Waals surface area contributed by atoms with Crippen molar-refractivity contribution in [2.24, 2.45) is 0 Å². The van der Waals surface area contributed by atoms with Gasteiger partial charge in [-0.15, -0.1) is 0 Å². The Labute approximate surface area is 144 Å². The van der Waals surface area contributed by atoms with Crippen LogP contribution in [-0.2, 0) is 6.18 Å². The number of nitriles is 1. The Balaban J connectivity index is 1.81. The van der Waals surface area contributed by atoms with E-state index in [-0.39, 0.29) is 0 Å². The Hall–Kier alpha value is -2.74. The molecule has 1 saturated heterocycles. The van der Waals surface area contributed by atoms with Crippen molar-refractivity contribution in [2.45, 2.75) is 19.0 Å². The van der Waals surface area contributed by atoms with Crippen LogP contribution in [0.5, 0.6) is 0 Å². The molecule has 1 fully saturated rings. The number of nitrogens with zero attached hydrogens (tertiary/aromatic N) is 2. The van der Waals surface area contributed by atoms with E-state index in [2.05, 4.69) is 11.0 Å². The van der Waals surface area contributed by atoms with Crippen molar-refractivity contribution in [2.75, 3.05) is 18.0 Å². The Bertz CT molecular complexity index is 791. The average molecular weight is 342 g/mol. The molecular weight excluding hydrogens is 325 g/mol. The molecule has 1 aliphatic heterocycles. The summed E-state index contributed by atoms with van der Waals surface area (Å²) < 4.78 is 37.9. The van der Waals surface area contributed by atoms with Crippen LogP contribution in [0.4, 0.5) is 18.9 Å². The molecule has 2 aromatic rings. The second kappa shape index (κ2) is 7.02. The molecule has 0 bridgehead atoms. The standard InChI is InChI=1S/C20H17F3N2/c21-20(22,23)18-7-5-16(6-8-18)17(14-24)13-15-3-9-19(10-4-15)25-11-1-2-12-25/h3-10,13H,1-2,11-12H2/b17-13+. The van der Waals surface area contributed by atoms with Gasteiger partial charge in [-0.05, 0) is 54.3 Å². The van der Waals surface area contributed by atoms with Crippen LogP contribution in [0.1, 0.15) is 29.5 Å². The lowest BCUT2D eigenvalue weighted by Gasteiger charge is -2.17. The van der Waals surface area contributed by atoms with Crippen LogP contribution in [0.15, 0.2) is 48.5 Å². The molecule has 0 spiro atoms. The first kappa shape index (κ1) is 17.1. The summed E-state index contributed by atoms with van der Waals surface area (Å²) in [5.41, 5.74) is 2.09. The van der Waals surface area contributed by atoms with E-state index >= 15 is 0 Å². The van der Waals surface area contributed by atoms with Gasteiger partial charge in [0.05, 0.1) is 17.2 Å². The highest BCUT2D eigenvalue weighted by atomic mass is 19.4. The second-order valence-corrected chi connectivity index (χ2v) is 6.03. The molecule has 2 aromatic carbocycles. The third-order valence-electron chi connectivity index (χ3n) is 4.32. The fraction of sp³-hybridized carbons (Fsp3) is 0.250. The first-order valence-corrected chi connectivity index (χ1v) is 8.12. The van der Waals surface area contributed by atoms with Crippen molar-refractivity contribution < 1.29 is 13.2 Å². The largest absolute Gasteiger partial charge is 0.416 e. The molecule has 25 heavy (non-hydrogen) atoms. The van der Waals surface area contributed by atoms with Crippen molar-refractivity contribution in [1.29, 1.82) is 5.26 Å². The molecule has 1 aliphatic rings. The number of hydrogen-bond acceptors (Lipinski definition) is 2. The van der Waals surface area contributed by atoms with Crippen molar-refractivity contribution in [3.8, 4) is 6.07 Å². The maximum Gasteiger partial charge on any atom is 0.416 e. The number of rotatable bonds is 3. The molecule has 0 aliphatic carbocycles. The van der Waals surface area contributed by atoms with Crippen molar-refractivity contribution in [1.82, 2.24) is 0 Å². The van der Waals surface area contributed by atoms with Crippen molar-refractivity contribution >= 4 is 17.3 Å². The Morgan fingerprint density at radius 2 is 1.56 bits per heavy atom. The van der Waals surface area contributed by atoms with Gasteiger partial charge in [0, 0.05) is 18.8 Å². The van der Waals surface area contributed by atoms with E-state index < -0.39 is 11.7 Å². The van der Waals surface area contributed by atoms with Crippen molar-refractivity contribution in [3.05, 3.63) is 65.2 Å². The summed E-state index contributed by atoms with van der Waals surface area (Å²) in [5.74, 6) is 0. The summed E-state index contributed by atoms with van der Waals surface area (Å²) in [7, 11) is 0. The number of hydrogen-bond donors (Lipinski definition) is 0. The normalized spacial score (nSPS) is 15.3. The van der Waals surface area contributed by atoms with E-state index in [0.717, 1.165) is 36.5 Å². The van der Waals surface area contributed by atoms with Gasteiger partial charge in [-0.3, -0.25) is 0 Å². The van der Waals surface area contributed by atoms with Crippen LogP contribution in [0.25, 0.3) is 11.6 Å². The zero-order valence-corrected chi connectivity index (χ0v) is 13.6. The molecule has 5 heteroatoms. The number of benzene rings is 2. The molecule has 2 nitrogen and oxygen atoms in total. The summed E-state index contributed by atoms with van der Waals surface area (Å²) in [6.07, 6.45) is -0.279. The number of halogens is 3. The minimum atomic E-state index is -4.37. The first-order chi connectivity index (χ1) is 12.0. The van der Waals surface area contributed by atoms with Gasteiger partial charge in [0.25, 0.3) is 0 Å². The molecule has 1 heterocycles. The van der Waals surface area contributed by atoms with Gasteiger partial charge >= 0.3 is 6.18 Å². The lowest BCUT2D eigenvalue weighted by molar-refractivity contribution is -0.137. The molecule has 0 atom stereocenters. The van der Waals surface area contributed by atoms with Crippen LogP contribution in [0, 0.1) is 11.3 Å². The molecule has 0 aromatic heterocycles. The Morgan fingerprint density at radius 3 is 2.08 bits per heavy atom. The highest BCUT2D eigenvalue weighted by Gasteiger charge is 2.30. The fourth-order valence-corrected chi connectivity index (χ4v) is 2.94. The van der Waals surface area contributed by atoms with Gasteiger partial charge < -0.3 is 4.90 Å². The monoisotopic (exact) mass is 342 g/mol. The van der Waals surface area contributed by atoms with Crippen LogP contribution in [0.2, 0.25) is 0 Å². The summed E-state index contributed by atoms with van der Waals surface area (Å²) in [4.78, 5) is 2.31. The van der Waals surface area contributed by atoms with Gasteiger partial charge in [0.15, 0.2) is 0 Å². The summed E-state index contributed by atoms with van der Waals surface area (Å²) in [6, 6.07) is 14.6. The predicted octanol–water partition coefficient (Wildman–Crippen LogP) is 5.37. The number of alkyl halides is 3. The second-order valence-electron chi connectivity index (χ2n) is 6.03. The molecule has 0 N–H and O–H groups in total. The first-order valence-electron chi connectivity index (χ1n) is 8.12. The zero-order valence-electron chi connectivity index (χ0n) is 13.6. The third kappa shape index (κ3) is 4.03. The molecule has 0 radical (unpaired) electrons. The molecule has 128 valence electrons. The molecular formula is C20H17F3N2. The van der Waals surface area contributed by atoms with E-state index in [1.807, 2.05) is 24.3 Å². The maximum absolute atomic E-state index is 12.6. The fourth-order valence-electron chi connectivity index (χ4n) is 2.94. The maximum atomic E-state index is 12.6. The van der Waals surface area contributed by atoms with Crippen LogP contribution in [-0.4, -0.2) is 13.1 Å². The van der Waals surface area contributed by atoms with Crippen LogP contribution < -0.4 is 4.90 Å². The molecule has 0 unspecified atom stereocenters. The van der Waals surface area contributed by atoms with E-state index in [0.29, 0.717) is 11.1 Å². The lowest BCUT2D eigenvalue weighted by Crippen LogP contribution is -2.17. The van der Waals surface area contributed by atoms with Gasteiger partial charge in [-0.25, -0.2) is 0 Å². The lowest BCUT2D eigenvalue weighted by atomic mass is 10.0. The van der Waals surface area contributed by atoms with Gasteiger partial charge in [-0.1, -0.05) is 24.3 Å². The summed E-state index contributed by atoms with van der Waals surface area (Å²) in [6.45, 7) is 2.12. The van der Waals surface area contributed by atoms with E-state index in [9.17, 15) is 18.4 Å². The highest BCUT2D eigenvalue weighted by Crippen LogP contribution is 2.30. The topological polar surface area (TPSA) is 27.0 Å². The smallest absolute Gasteiger partial charge is 0.372 e. The van der Waals surface area contributed by atoms with Crippen LogP contribution >= 0.6 is 0 Å². The zero-order chi connectivity index (χ0) is 17.9.